The van der Waals surface area contributed by atoms with Crippen molar-refractivity contribution < 1.29 is 14.4 Å². The highest BCUT2D eigenvalue weighted by molar-refractivity contribution is 6.02. The Labute approximate surface area is 190 Å². The summed E-state index contributed by atoms with van der Waals surface area (Å²) in [6.07, 6.45) is 6.19. The number of aromatic nitrogens is 2. The molecule has 9 nitrogen and oxygen atoms in total. The van der Waals surface area contributed by atoms with E-state index in [2.05, 4.69) is 10.2 Å². The minimum absolute atomic E-state index is 0.0502. The van der Waals surface area contributed by atoms with E-state index in [1.54, 1.807) is 16.7 Å². The van der Waals surface area contributed by atoms with Crippen molar-refractivity contribution in [2.45, 2.75) is 38.5 Å². The summed E-state index contributed by atoms with van der Waals surface area (Å²) < 4.78 is 1.55. The van der Waals surface area contributed by atoms with Gasteiger partial charge in [0.2, 0.25) is 17.7 Å². The second-order valence-electron chi connectivity index (χ2n) is 10.3. The SMILES string of the molecule is O=C1CC(C(=O)N2CC34CCCCC3(C2)CN(c2cc(=O)n3ccccc3n2)C4)CC(=O)N1. The molecule has 0 radical (unpaired) electrons. The number of likely N-dealkylation sites (tertiary alicyclic amines) is 1. The van der Waals surface area contributed by atoms with Gasteiger partial charge < -0.3 is 9.80 Å². The molecular weight excluding hydrogens is 422 g/mol. The van der Waals surface area contributed by atoms with Crippen LogP contribution in [0, 0.1) is 16.7 Å². The van der Waals surface area contributed by atoms with Gasteiger partial charge in [-0.15, -0.1) is 0 Å². The number of nitrogens with zero attached hydrogens (tertiary/aromatic N) is 4. The zero-order valence-electron chi connectivity index (χ0n) is 18.5. The maximum absolute atomic E-state index is 13.3. The molecule has 1 saturated carbocycles. The van der Waals surface area contributed by atoms with Gasteiger partial charge in [0.05, 0.1) is 5.92 Å². The first kappa shape index (κ1) is 20.4. The first-order valence-electron chi connectivity index (χ1n) is 11.7. The summed E-state index contributed by atoms with van der Waals surface area (Å²) in [6.45, 7) is 2.80. The first-order valence-corrected chi connectivity index (χ1v) is 11.7. The zero-order chi connectivity index (χ0) is 22.8. The third-order valence-electron chi connectivity index (χ3n) is 8.34. The molecule has 3 saturated heterocycles. The molecule has 33 heavy (non-hydrogen) atoms. The van der Waals surface area contributed by atoms with Crippen LogP contribution in [-0.4, -0.2) is 58.2 Å². The van der Waals surface area contributed by atoms with E-state index in [0.717, 1.165) is 38.8 Å². The fourth-order valence-corrected chi connectivity index (χ4v) is 6.85. The molecule has 2 aromatic rings. The van der Waals surface area contributed by atoms with Crippen LogP contribution in [0.2, 0.25) is 0 Å². The van der Waals surface area contributed by atoms with Crippen LogP contribution < -0.4 is 15.8 Å². The molecule has 2 atom stereocenters. The molecule has 172 valence electrons. The number of fused-ring (bicyclic) bond motifs is 1. The van der Waals surface area contributed by atoms with Crippen LogP contribution in [0.25, 0.3) is 5.65 Å². The van der Waals surface area contributed by atoms with Gasteiger partial charge in [-0.05, 0) is 25.0 Å². The highest BCUT2D eigenvalue weighted by Gasteiger charge is 2.64. The van der Waals surface area contributed by atoms with Gasteiger partial charge in [-0.1, -0.05) is 18.9 Å². The molecule has 1 N–H and O–H groups in total. The van der Waals surface area contributed by atoms with E-state index in [-0.39, 0.29) is 47.0 Å². The van der Waals surface area contributed by atoms with Crippen LogP contribution in [0.3, 0.4) is 0 Å². The lowest BCUT2D eigenvalue weighted by Gasteiger charge is -2.41. The summed E-state index contributed by atoms with van der Waals surface area (Å²) in [5, 5.41) is 2.29. The van der Waals surface area contributed by atoms with Crippen molar-refractivity contribution in [1.82, 2.24) is 19.6 Å². The van der Waals surface area contributed by atoms with E-state index >= 15 is 0 Å². The van der Waals surface area contributed by atoms with Crippen LogP contribution in [0.1, 0.15) is 38.5 Å². The van der Waals surface area contributed by atoms with Crippen LogP contribution in [0.4, 0.5) is 5.82 Å². The summed E-state index contributed by atoms with van der Waals surface area (Å²) in [6, 6.07) is 7.15. The number of imide groups is 1. The second kappa shape index (κ2) is 7.13. The van der Waals surface area contributed by atoms with E-state index in [1.807, 2.05) is 23.1 Å². The molecule has 1 aliphatic carbocycles. The normalized spacial score (nSPS) is 29.8. The van der Waals surface area contributed by atoms with Crippen molar-refractivity contribution in [1.29, 1.82) is 0 Å². The van der Waals surface area contributed by atoms with Gasteiger partial charge in [-0.25, -0.2) is 4.98 Å². The molecule has 4 aliphatic rings. The van der Waals surface area contributed by atoms with Gasteiger partial charge in [0.25, 0.3) is 5.56 Å². The predicted octanol–water partition coefficient (Wildman–Crippen LogP) is 0.956. The number of hydrogen-bond donors (Lipinski definition) is 1. The number of pyridine rings is 1. The fourth-order valence-electron chi connectivity index (χ4n) is 6.85. The minimum atomic E-state index is -0.557. The first-order chi connectivity index (χ1) is 15.9. The van der Waals surface area contributed by atoms with Crippen molar-refractivity contribution in [3.8, 4) is 0 Å². The Morgan fingerprint density at radius 3 is 2.30 bits per heavy atom. The molecule has 0 spiro atoms. The number of amides is 3. The lowest BCUT2D eigenvalue weighted by atomic mass is 9.60. The predicted molar refractivity (Wildman–Crippen MR) is 119 cm³/mol. The average Bonchev–Trinajstić information content (AvgIpc) is 3.29. The van der Waals surface area contributed by atoms with E-state index in [1.165, 1.54) is 0 Å². The number of nitrogens with one attached hydrogen (secondary N) is 1. The molecule has 5 heterocycles. The molecular formula is C24H27N5O4. The number of piperidine rings is 1. The molecule has 6 rings (SSSR count). The molecule has 2 unspecified atom stereocenters. The molecule has 4 fully saturated rings. The van der Waals surface area contributed by atoms with Gasteiger partial charge in [-0.3, -0.25) is 28.9 Å². The minimum Gasteiger partial charge on any atom is -0.355 e. The Hall–Kier alpha value is -3.23. The highest BCUT2D eigenvalue weighted by atomic mass is 16.2. The third kappa shape index (κ3) is 3.08. The van der Waals surface area contributed by atoms with Crippen molar-refractivity contribution in [2.75, 3.05) is 31.1 Å². The Balaban J connectivity index is 1.29. The average molecular weight is 450 g/mol. The second-order valence-corrected chi connectivity index (χ2v) is 10.3. The van der Waals surface area contributed by atoms with Crippen molar-refractivity contribution in [2.24, 2.45) is 16.7 Å². The van der Waals surface area contributed by atoms with Crippen molar-refractivity contribution >= 4 is 29.2 Å². The lowest BCUT2D eigenvalue weighted by Crippen LogP contribution is -2.46. The Bertz CT molecular complexity index is 1200. The van der Waals surface area contributed by atoms with Gasteiger partial charge >= 0.3 is 0 Å². The Morgan fingerprint density at radius 2 is 1.64 bits per heavy atom. The van der Waals surface area contributed by atoms with Crippen LogP contribution in [0.15, 0.2) is 35.3 Å². The van der Waals surface area contributed by atoms with E-state index in [9.17, 15) is 19.2 Å². The summed E-state index contributed by atoms with van der Waals surface area (Å²) in [5.74, 6) is -0.649. The molecule has 9 heteroatoms. The zero-order valence-corrected chi connectivity index (χ0v) is 18.5. The summed E-state index contributed by atoms with van der Waals surface area (Å²) in [4.78, 5) is 58.6. The van der Waals surface area contributed by atoms with Gasteiger partial charge in [0, 0.05) is 62.1 Å². The lowest BCUT2D eigenvalue weighted by molar-refractivity contribution is -0.145. The molecule has 3 amide bonds. The van der Waals surface area contributed by atoms with Crippen LogP contribution >= 0.6 is 0 Å². The largest absolute Gasteiger partial charge is 0.355 e. The maximum Gasteiger partial charge on any atom is 0.259 e. The Morgan fingerprint density at radius 1 is 0.970 bits per heavy atom. The van der Waals surface area contributed by atoms with Gasteiger partial charge in [-0.2, -0.15) is 0 Å². The summed E-state index contributed by atoms with van der Waals surface area (Å²) in [5.41, 5.74) is 0.436. The quantitative estimate of drug-likeness (QED) is 0.685. The number of rotatable bonds is 2. The van der Waals surface area contributed by atoms with Crippen molar-refractivity contribution in [3.05, 3.63) is 40.8 Å². The van der Waals surface area contributed by atoms with E-state index < -0.39 is 5.92 Å². The maximum atomic E-state index is 13.3. The van der Waals surface area contributed by atoms with Gasteiger partial charge in [0.1, 0.15) is 11.5 Å². The standard InChI is InChI=1S/C24H27N5O4/c30-19-9-16(10-20(31)26-19)22(33)28-14-23-6-2-3-7-24(23,15-28)13-27(12-23)18-11-21(32)29-8-4-1-5-17(29)25-18/h1,4-5,8,11,16H,2-3,6-7,9-10,12-15H2,(H,26,30,31). The third-order valence-corrected chi connectivity index (χ3v) is 8.34. The molecule has 2 aromatic heterocycles. The number of anilines is 1. The van der Waals surface area contributed by atoms with E-state index in [0.29, 0.717) is 24.6 Å². The molecule has 3 aliphatic heterocycles. The number of carbonyl (C=O) groups is 3. The van der Waals surface area contributed by atoms with Crippen molar-refractivity contribution in [3.63, 3.8) is 0 Å². The van der Waals surface area contributed by atoms with Crippen LogP contribution in [-0.2, 0) is 14.4 Å². The molecule has 0 aromatic carbocycles. The smallest absolute Gasteiger partial charge is 0.259 e. The van der Waals surface area contributed by atoms with E-state index in [4.69, 9.17) is 4.98 Å². The number of carbonyl (C=O) groups excluding carboxylic acids is 3. The topological polar surface area (TPSA) is 104 Å². The fraction of sp³-hybridized carbons (Fsp3) is 0.542. The Kier molecular flexibility index (Phi) is 4.41. The summed E-state index contributed by atoms with van der Waals surface area (Å²) in [7, 11) is 0. The molecule has 0 bridgehead atoms. The number of hydrogen-bond acceptors (Lipinski definition) is 6. The van der Waals surface area contributed by atoms with Crippen LogP contribution in [0.5, 0.6) is 0 Å². The van der Waals surface area contributed by atoms with Gasteiger partial charge in [0.15, 0.2) is 0 Å². The summed E-state index contributed by atoms with van der Waals surface area (Å²) >= 11 is 0. The highest BCUT2D eigenvalue weighted by Crippen LogP contribution is 2.60. The monoisotopic (exact) mass is 449 g/mol.